The van der Waals surface area contributed by atoms with E-state index in [0.29, 0.717) is 0 Å². The molecule has 2 amide bonds. The number of carbonyl (C=O) groups excluding carboxylic acids is 1. The first-order valence-electron chi connectivity index (χ1n) is 6.74. The molecular weight excluding hydrogens is 226 g/mol. The lowest BCUT2D eigenvalue weighted by Gasteiger charge is -2.23. The van der Waals surface area contributed by atoms with Crippen molar-refractivity contribution < 1.29 is 4.79 Å². The number of carbonyl (C=O) groups is 1. The van der Waals surface area contributed by atoms with E-state index in [0.717, 1.165) is 31.6 Å². The second-order valence-electron chi connectivity index (χ2n) is 4.83. The summed E-state index contributed by atoms with van der Waals surface area (Å²) in [6.45, 7) is 3.72. The average molecular weight is 247 g/mol. The summed E-state index contributed by atoms with van der Waals surface area (Å²) in [6, 6.07) is 5.76. The van der Waals surface area contributed by atoms with Crippen LogP contribution in [0.15, 0.2) is 24.4 Å². The van der Waals surface area contributed by atoms with Crippen LogP contribution in [-0.2, 0) is 0 Å². The smallest absolute Gasteiger partial charge is 0.317 e. The van der Waals surface area contributed by atoms with E-state index in [9.17, 15) is 4.79 Å². The number of amides is 2. The minimum atomic E-state index is -0.0399. The van der Waals surface area contributed by atoms with Crippen molar-refractivity contribution >= 4 is 6.03 Å². The monoisotopic (exact) mass is 247 g/mol. The van der Waals surface area contributed by atoms with Gasteiger partial charge in [-0.1, -0.05) is 18.9 Å². The van der Waals surface area contributed by atoms with E-state index in [4.69, 9.17) is 0 Å². The van der Waals surface area contributed by atoms with Crippen molar-refractivity contribution in [3.05, 3.63) is 30.1 Å². The lowest BCUT2D eigenvalue weighted by atomic mass is 10.2. The van der Waals surface area contributed by atoms with E-state index >= 15 is 0 Å². The molecule has 0 saturated carbocycles. The van der Waals surface area contributed by atoms with Gasteiger partial charge in [-0.2, -0.15) is 0 Å². The fourth-order valence-corrected chi connectivity index (χ4v) is 2.26. The lowest BCUT2D eigenvalue weighted by molar-refractivity contribution is 0.196. The van der Waals surface area contributed by atoms with Crippen molar-refractivity contribution in [2.24, 2.45) is 0 Å². The predicted octanol–water partition coefficient (Wildman–Crippen LogP) is 2.73. The van der Waals surface area contributed by atoms with Gasteiger partial charge >= 0.3 is 6.03 Å². The fourth-order valence-electron chi connectivity index (χ4n) is 2.26. The van der Waals surface area contributed by atoms with E-state index in [2.05, 4.69) is 10.3 Å². The third kappa shape index (κ3) is 3.45. The molecule has 1 aliphatic heterocycles. The summed E-state index contributed by atoms with van der Waals surface area (Å²) in [6.07, 6.45) is 6.46. The third-order valence-electron chi connectivity index (χ3n) is 3.36. The zero-order chi connectivity index (χ0) is 12.8. The van der Waals surface area contributed by atoms with Gasteiger partial charge in [0.25, 0.3) is 0 Å². The average Bonchev–Trinajstić information content (AvgIpc) is 2.68. The number of rotatable bonds is 2. The first-order valence-corrected chi connectivity index (χ1v) is 6.74. The first-order chi connectivity index (χ1) is 8.77. The maximum atomic E-state index is 12.1. The molecule has 1 aromatic heterocycles. The third-order valence-corrected chi connectivity index (χ3v) is 3.36. The fraction of sp³-hybridized carbons (Fsp3) is 0.571. The summed E-state index contributed by atoms with van der Waals surface area (Å²) in [4.78, 5) is 18.3. The maximum Gasteiger partial charge on any atom is 0.317 e. The van der Waals surface area contributed by atoms with E-state index in [1.807, 2.05) is 30.0 Å². The number of aromatic nitrogens is 1. The van der Waals surface area contributed by atoms with Gasteiger partial charge in [-0.05, 0) is 31.9 Å². The SMILES string of the molecule is CC(NC(=O)N1CCCCCC1)c1ccccn1. The molecule has 1 saturated heterocycles. The molecule has 4 heteroatoms. The Morgan fingerprint density at radius 3 is 2.61 bits per heavy atom. The molecule has 1 aliphatic rings. The first kappa shape index (κ1) is 12.9. The molecule has 0 bridgehead atoms. The van der Waals surface area contributed by atoms with E-state index < -0.39 is 0 Å². The molecule has 1 atom stereocenters. The zero-order valence-corrected chi connectivity index (χ0v) is 10.9. The van der Waals surface area contributed by atoms with Crippen LogP contribution in [0.2, 0.25) is 0 Å². The Labute approximate surface area is 108 Å². The van der Waals surface area contributed by atoms with Gasteiger partial charge in [0, 0.05) is 19.3 Å². The Morgan fingerprint density at radius 1 is 1.28 bits per heavy atom. The predicted molar refractivity (Wildman–Crippen MR) is 71.2 cm³/mol. The van der Waals surface area contributed by atoms with Crippen molar-refractivity contribution in [3.63, 3.8) is 0 Å². The minimum Gasteiger partial charge on any atom is -0.330 e. The summed E-state index contributed by atoms with van der Waals surface area (Å²) in [7, 11) is 0. The lowest BCUT2D eigenvalue weighted by Crippen LogP contribution is -2.41. The molecule has 0 aromatic carbocycles. The maximum absolute atomic E-state index is 12.1. The molecule has 4 nitrogen and oxygen atoms in total. The molecule has 1 unspecified atom stereocenters. The van der Waals surface area contributed by atoms with Crippen LogP contribution >= 0.6 is 0 Å². The van der Waals surface area contributed by atoms with Crippen LogP contribution in [-0.4, -0.2) is 29.0 Å². The van der Waals surface area contributed by atoms with E-state index in [-0.39, 0.29) is 12.1 Å². The molecular formula is C14H21N3O. The number of urea groups is 1. The molecule has 0 radical (unpaired) electrons. The molecule has 1 aromatic rings. The highest BCUT2D eigenvalue weighted by atomic mass is 16.2. The Morgan fingerprint density at radius 2 is 2.00 bits per heavy atom. The molecule has 2 heterocycles. The van der Waals surface area contributed by atoms with E-state index in [1.165, 1.54) is 12.8 Å². The molecule has 1 N–H and O–H groups in total. The van der Waals surface area contributed by atoms with Crippen LogP contribution in [0.5, 0.6) is 0 Å². The number of pyridine rings is 1. The highest BCUT2D eigenvalue weighted by molar-refractivity contribution is 5.74. The standard InChI is InChI=1S/C14H21N3O/c1-12(13-8-4-5-9-15-13)16-14(18)17-10-6-2-3-7-11-17/h4-5,8-9,12H,2-3,6-7,10-11H2,1H3,(H,16,18). The molecule has 1 fully saturated rings. The van der Waals surface area contributed by atoms with Crippen LogP contribution in [0.3, 0.4) is 0 Å². The molecule has 0 aliphatic carbocycles. The van der Waals surface area contributed by atoms with Crippen LogP contribution in [0.4, 0.5) is 4.79 Å². The molecule has 98 valence electrons. The van der Waals surface area contributed by atoms with Crippen LogP contribution < -0.4 is 5.32 Å². The number of likely N-dealkylation sites (tertiary alicyclic amines) is 1. The highest BCUT2D eigenvalue weighted by Gasteiger charge is 2.17. The minimum absolute atomic E-state index is 0.0371. The van der Waals surface area contributed by atoms with Crippen molar-refractivity contribution in [1.29, 1.82) is 0 Å². The van der Waals surface area contributed by atoms with Gasteiger partial charge in [-0.3, -0.25) is 4.98 Å². The van der Waals surface area contributed by atoms with Crippen molar-refractivity contribution in [1.82, 2.24) is 15.2 Å². The quantitative estimate of drug-likeness (QED) is 0.873. The molecule has 18 heavy (non-hydrogen) atoms. The Kier molecular flexibility index (Phi) is 4.56. The topological polar surface area (TPSA) is 45.2 Å². The molecule has 0 spiro atoms. The summed E-state index contributed by atoms with van der Waals surface area (Å²) in [5, 5.41) is 3.02. The summed E-state index contributed by atoms with van der Waals surface area (Å²) in [5.74, 6) is 0. The van der Waals surface area contributed by atoms with Gasteiger partial charge in [-0.25, -0.2) is 4.79 Å². The van der Waals surface area contributed by atoms with Gasteiger partial charge in [0.15, 0.2) is 0 Å². The van der Waals surface area contributed by atoms with Crippen molar-refractivity contribution in [2.75, 3.05) is 13.1 Å². The summed E-state index contributed by atoms with van der Waals surface area (Å²) in [5.41, 5.74) is 0.903. The zero-order valence-electron chi connectivity index (χ0n) is 10.9. The Balaban J connectivity index is 1.90. The van der Waals surface area contributed by atoms with Gasteiger partial charge in [0.1, 0.15) is 0 Å². The van der Waals surface area contributed by atoms with Gasteiger partial charge in [-0.15, -0.1) is 0 Å². The highest BCUT2D eigenvalue weighted by Crippen LogP contribution is 2.12. The van der Waals surface area contributed by atoms with Gasteiger partial charge in [0.05, 0.1) is 11.7 Å². The summed E-state index contributed by atoms with van der Waals surface area (Å²) >= 11 is 0. The largest absolute Gasteiger partial charge is 0.330 e. The van der Waals surface area contributed by atoms with Crippen molar-refractivity contribution in [3.8, 4) is 0 Å². The summed E-state index contributed by atoms with van der Waals surface area (Å²) < 4.78 is 0. The van der Waals surface area contributed by atoms with Crippen LogP contribution in [0, 0.1) is 0 Å². The van der Waals surface area contributed by atoms with Gasteiger partial charge < -0.3 is 10.2 Å². The number of hydrogen-bond acceptors (Lipinski definition) is 2. The molecule has 2 rings (SSSR count). The number of nitrogens with zero attached hydrogens (tertiary/aromatic N) is 2. The van der Waals surface area contributed by atoms with E-state index in [1.54, 1.807) is 6.20 Å². The number of nitrogens with one attached hydrogen (secondary N) is 1. The second kappa shape index (κ2) is 6.38. The Bertz CT molecular complexity index is 372. The second-order valence-corrected chi connectivity index (χ2v) is 4.83. The number of hydrogen-bond donors (Lipinski definition) is 1. The van der Waals surface area contributed by atoms with Crippen molar-refractivity contribution in [2.45, 2.75) is 38.6 Å². The normalized spacial score (nSPS) is 17.9. The Hall–Kier alpha value is -1.58. The van der Waals surface area contributed by atoms with Gasteiger partial charge in [0.2, 0.25) is 0 Å². The van der Waals surface area contributed by atoms with Crippen LogP contribution in [0.25, 0.3) is 0 Å². The van der Waals surface area contributed by atoms with Crippen LogP contribution in [0.1, 0.15) is 44.3 Å².